The number of nitrogens with one attached hydrogen (secondary N) is 2. The lowest BCUT2D eigenvalue weighted by Crippen LogP contribution is -2.14. The standard InChI is InChI=1S/C6H8N4O4/c1-2-14-6(11)9-4-5(10(12)13)8-3-7-4/h3H,2H2,1H3,(H,7,8)(H,9,11). The van der Waals surface area contributed by atoms with Gasteiger partial charge in [0.2, 0.25) is 5.82 Å². The average molecular weight is 200 g/mol. The van der Waals surface area contributed by atoms with Gasteiger partial charge in [0, 0.05) is 0 Å². The molecule has 14 heavy (non-hydrogen) atoms. The highest BCUT2D eigenvalue weighted by Gasteiger charge is 2.17. The third-order valence-electron chi connectivity index (χ3n) is 1.30. The number of aromatic nitrogens is 2. The molecule has 0 aliphatic heterocycles. The Labute approximate surface area is 78.4 Å². The van der Waals surface area contributed by atoms with Gasteiger partial charge in [-0.2, -0.15) is 4.98 Å². The molecule has 0 spiro atoms. The summed E-state index contributed by atoms with van der Waals surface area (Å²) in [5.41, 5.74) is 0. The minimum atomic E-state index is -0.775. The molecular formula is C6H8N4O4. The molecule has 0 atom stereocenters. The fraction of sp³-hybridized carbons (Fsp3) is 0.333. The smallest absolute Gasteiger partial charge is 0.413 e. The van der Waals surface area contributed by atoms with Crippen molar-refractivity contribution in [2.45, 2.75) is 6.92 Å². The quantitative estimate of drug-likeness (QED) is 0.555. The van der Waals surface area contributed by atoms with Crippen molar-refractivity contribution in [1.82, 2.24) is 9.97 Å². The summed E-state index contributed by atoms with van der Waals surface area (Å²) >= 11 is 0. The molecule has 0 bridgehead atoms. The summed E-state index contributed by atoms with van der Waals surface area (Å²) in [5, 5.41) is 12.5. The highest BCUT2D eigenvalue weighted by atomic mass is 16.6. The van der Waals surface area contributed by atoms with Crippen molar-refractivity contribution < 1.29 is 14.5 Å². The van der Waals surface area contributed by atoms with E-state index >= 15 is 0 Å². The van der Waals surface area contributed by atoms with Crippen molar-refractivity contribution in [3.05, 3.63) is 16.4 Å². The van der Waals surface area contributed by atoms with Crippen LogP contribution in [0.1, 0.15) is 6.92 Å². The Hall–Kier alpha value is -2.12. The number of nitro groups is 1. The normalized spacial score (nSPS) is 9.50. The van der Waals surface area contributed by atoms with Gasteiger partial charge in [-0.15, -0.1) is 0 Å². The maximum Gasteiger partial charge on any atom is 0.413 e. The van der Waals surface area contributed by atoms with Gasteiger partial charge in [0.25, 0.3) is 0 Å². The fourth-order valence-electron chi connectivity index (χ4n) is 0.782. The van der Waals surface area contributed by atoms with Crippen LogP contribution in [0.15, 0.2) is 6.33 Å². The van der Waals surface area contributed by atoms with Gasteiger partial charge in [0.1, 0.15) is 0 Å². The van der Waals surface area contributed by atoms with E-state index in [1.54, 1.807) is 6.92 Å². The van der Waals surface area contributed by atoms with Crippen molar-refractivity contribution in [2.24, 2.45) is 0 Å². The summed E-state index contributed by atoms with van der Waals surface area (Å²) in [6.45, 7) is 1.81. The van der Waals surface area contributed by atoms with Crippen LogP contribution in [-0.4, -0.2) is 27.6 Å². The van der Waals surface area contributed by atoms with Crippen molar-refractivity contribution in [3.8, 4) is 0 Å². The van der Waals surface area contributed by atoms with Gasteiger partial charge in [-0.3, -0.25) is 5.32 Å². The Kier molecular flexibility index (Phi) is 3.00. The molecule has 1 rings (SSSR count). The summed E-state index contributed by atoms with van der Waals surface area (Å²) in [7, 11) is 0. The molecule has 1 aromatic heterocycles. The minimum Gasteiger partial charge on any atom is -0.450 e. The first kappa shape index (κ1) is 9.96. The monoisotopic (exact) mass is 200 g/mol. The molecule has 0 saturated carbocycles. The number of carbonyl (C=O) groups is 1. The van der Waals surface area contributed by atoms with E-state index in [-0.39, 0.29) is 18.2 Å². The van der Waals surface area contributed by atoms with Gasteiger partial charge in [-0.25, -0.2) is 9.78 Å². The van der Waals surface area contributed by atoms with Crippen molar-refractivity contribution in [1.29, 1.82) is 0 Å². The van der Waals surface area contributed by atoms with Gasteiger partial charge in [0.05, 0.1) is 6.61 Å². The van der Waals surface area contributed by atoms with Crippen LogP contribution >= 0.6 is 0 Å². The number of carbonyl (C=O) groups excluding carboxylic acids is 1. The molecule has 0 aliphatic carbocycles. The number of anilines is 1. The molecule has 2 N–H and O–H groups in total. The van der Waals surface area contributed by atoms with Crippen LogP contribution < -0.4 is 5.32 Å². The molecule has 8 nitrogen and oxygen atoms in total. The largest absolute Gasteiger partial charge is 0.450 e. The first-order chi connectivity index (χ1) is 6.65. The topological polar surface area (TPSA) is 110 Å². The summed E-state index contributed by atoms with van der Waals surface area (Å²) in [6.07, 6.45) is 0.336. The number of hydrogen-bond donors (Lipinski definition) is 2. The lowest BCUT2D eigenvalue weighted by atomic mass is 10.6. The molecule has 0 aromatic carbocycles. The fourth-order valence-corrected chi connectivity index (χ4v) is 0.782. The number of imidazole rings is 1. The number of amides is 1. The number of ether oxygens (including phenoxy) is 1. The van der Waals surface area contributed by atoms with Gasteiger partial charge in [-0.05, 0) is 11.8 Å². The maximum atomic E-state index is 10.9. The van der Waals surface area contributed by atoms with E-state index in [1.807, 2.05) is 0 Å². The average Bonchev–Trinajstić information content (AvgIpc) is 2.52. The van der Waals surface area contributed by atoms with Gasteiger partial charge >= 0.3 is 11.9 Å². The summed E-state index contributed by atoms with van der Waals surface area (Å²) in [5.74, 6) is -0.536. The summed E-state index contributed by atoms with van der Waals surface area (Å²) in [4.78, 5) is 26.4. The number of hydrogen-bond acceptors (Lipinski definition) is 5. The molecule has 0 unspecified atom stereocenters. The van der Waals surface area contributed by atoms with Crippen LogP contribution in [-0.2, 0) is 4.74 Å². The van der Waals surface area contributed by atoms with E-state index in [1.165, 1.54) is 0 Å². The molecule has 1 amide bonds. The zero-order valence-electron chi connectivity index (χ0n) is 7.31. The van der Waals surface area contributed by atoms with E-state index < -0.39 is 11.0 Å². The van der Waals surface area contributed by atoms with Crippen LogP contribution in [0.5, 0.6) is 0 Å². The molecule has 1 heterocycles. The first-order valence-electron chi connectivity index (χ1n) is 3.76. The molecular weight excluding hydrogens is 192 g/mol. The Morgan fingerprint density at radius 1 is 1.86 bits per heavy atom. The van der Waals surface area contributed by atoms with E-state index in [9.17, 15) is 14.9 Å². The second-order valence-electron chi connectivity index (χ2n) is 2.20. The van der Waals surface area contributed by atoms with Gasteiger partial charge in [-0.1, -0.05) is 0 Å². The van der Waals surface area contributed by atoms with Gasteiger partial charge < -0.3 is 14.9 Å². The van der Waals surface area contributed by atoms with Crippen LogP contribution in [0.2, 0.25) is 0 Å². The number of nitrogens with zero attached hydrogens (tertiary/aromatic N) is 2. The Balaban J connectivity index is 2.71. The van der Waals surface area contributed by atoms with Crippen molar-refractivity contribution >= 4 is 17.7 Å². The predicted molar refractivity (Wildman–Crippen MR) is 45.9 cm³/mol. The SMILES string of the molecule is CCOC(=O)Nc1nc[nH]c1[N+](=O)[O-]. The maximum absolute atomic E-state index is 10.9. The Morgan fingerprint density at radius 3 is 3.14 bits per heavy atom. The number of rotatable bonds is 3. The molecule has 0 fully saturated rings. The van der Waals surface area contributed by atoms with Crippen LogP contribution in [0.25, 0.3) is 0 Å². The second kappa shape index (κ2) is 4.21. The predicted octanol–water partition coefficient (Wildman–Crippen LogP) is 0.886. The lowest BCUT2D eigenvalue weighted by molar-refractivity contribution is -0.388. The van der Waals surface area contributed by atoms with Crippen LogP contribution in [0.3, 0.4) is 0 Å². The molecule has 76 valence electrons. The first-order valence-corrected chi connectivity index (χ1v) is 3.76. The lowest BCUT2D eigenvalue weighted by Gasteiger charge is -2.01. The number of aromatic amines is 1. The summed E-state index contributed by atoms with van der Waals surface area (Å²) in [6, 6.07) is 0. The third kappa shape index (κ3) is 2.19. The Morgan fingerprint density at radius 2 is 2.57 bits per heavy atom. The van der Waals surface area contributed by atoms with E-state index in [4.69, 9.17) is 0 Å². The minimum absolute atomic E-state index is 0.159. The molecule has 0 aliphatic rings. The van der Waals surface area contributed by atoms with Crippen molar-refractivity contribution in [2.75, 3.05) is 11.9 Å². The van der Waals surface area contributed by atoms with Gasteiger partial charge in [0.15, 0.2) is 6.33 Å². The highest BCUT2D eigenvalue weighted by Crippen LogP contribution is 2.17. The zero-order chi connectivity index (χ0) is 10.6. The summed E-state index contributed by atoms with van der Waals surface area (Å²) < 4.78 is 4.52. The molecule has 8 heteroatoms. The molecule has 0 saturated heterocycles. The Bertz CT molecular complexity index is 347. The van der Waals surface area contributed by atoms with E-state index in [0.717, 1.165) is 6.33 Å². The molecule has 1 aromatic rings. The molecule has 0 radical (unpaired) electrons. The van der Waals surface area contributed by atoms with Crippen LogP contribution in [0.4, 0.5) is 16.4 Å². The zero-order valence-corrected chi connectivity index (χ0v) is 7.31. The van der Waals surface area contributed by atoms with Crippen molar-refractivity contribution in [3.63, 3.8) is 0 Å². The van der Waals surface area contributed by atoms with Crippen LogP contribution in [0, 0.1) is 10.1 Å². The third-order valence-corrected chi connectivity index (χ3v) is 1.30. The second-order valence-corrected chi connectivity index (χ2v) is 2.20. The number of H-pyrrole nitrogens is 1. The van der Waals surface area contributed by atoms with E-state index in [2.05, 4.69) is 20.0 Å². The highest BCUT2D eigenvalue weighted by molar-refractivity contribution is 5.85. The van der Waals surface area contributed by atoms with E-state index in [0.29, 0.717) is 0 Å².